The minimum atomic E-state index is -1.24. The number of aliphatic hydroxyl groups is 4. The van der Waals surface area contributed by atoms with E-state index in [4.69, 9.17) is 9.84 Å². The Morgan fingerprint density at radius 1 is 0.941 bits per heavy atom. The van der Waals surface area contributed by atoms with Crippen LogP contribution in [-0.4, -0.2) is 57.6 Å². The molecule has 0 bridgehead atoms. The molecule has 5 atom stereocenters. The molecule has 0 amide bonds. The number of aliphatic hydroxyl groups excluding tert-OH is 4. The van der Waals surface area contributed by atoms with Crippen molar-refractivity contribution in [2.45, 2.75) is 70.6 Å². The molecule has 1 heterocycles. The van der Waals surface area contributed by atoms with Gasteiger partial charge in [0.15, 0.2) is 0 Å². The summed E-state index contributed by atoms with van der Waals surface area (Å²) >= 11 is 0. The molecular weight excluding hydrogens is 224 g/mol. The number of ether oxygens (including phenoxy) is 1. The molecule has 0 aromatic carbocycles. The summed E-state index contributed by atoms with van der Waals surface area (Å²) < 4.78 is 5.32. The van der Waals surface area contributed by atoms with E-state index in [2.05, 4.69) is 0 Å². The van der Waals surface area contributed by atoms with E-state index in [1.54, 1.807) is 0 Å². The van der Waals surface area contributed by atoms with Gasteiger partial charge in [-0.3, -0.25) is 0 Å². The molecule has 0 spiro atoms. The van der Waals surface area contributed by atoms with E-state index >= 15 is 0 Å². The predicted molar refractivity (Wildman–Crippen MR) is 64.6 cm³/mol. The highest BCUT2D eigenvalue weighted by Gasteiger charge is 2.42. The molecule has 4 N–H and O–H groups in total. The normalized spacial score (nSPS) is 37.2. The van der Waals surface area contributed by atoms with Crippen LogP contribution in [0.4, 0.5) is 0 Å². The molecule has 1 rings (SSSR count). The Morgan fingerprint density at radius 2 is 1.47 bits per heavy atom. The second-order valence-electron chi connectivity index (χ2n) is 4.01. The molecule has 0 radical (unpaired) electrons. The Kier molecular flexibility index (Phi) is 8.72. The zero-order chi connectivity index (χ0) is 13.4. The summed E-state index contributed by atoms with van der Waals surface area (Å²) in [6.45, 7) is 5.66. The van der Waals surface area contributed by atoms with Gasteiger partial charge in [-0.05, 0) is 6.42 Å². The molecule has 1 aliphatic rings. The summed E-state index contributed by atoms with van der Waals surface area (Å²) in [5, 5.41) is 37.5. The monoisotopic (exact) mass is 250 g/mol. The minimum absolute atomic E-state index is 0.354. The van der Waals surface area contributed by atoms with Crippen LogP contribution < -0.4 is 0 Å². The Hall–Kier alpha value is -0.200. The fourth-order valence-electron chi connectivity index (χ4n) is 1.82. The average Bonchev–Trinajstić information content (AvgIpc) is 2.38. The van der Waals surface area contributed by atoms with Crippen molar-refractivity contribution in [1.82, 2.24) is 0 Å². The maximum absolute atomic E-state index is 9.63. The number of unbranched alkanes of at least 4 members (excludes halogenated alkanes) is 1. The second-order valence-corrected chi connectivity index (χ2v) is 4.01. The van der Waals surface area contributed by atoms with E-state index in [1.807, 2.05) is 20.8 Å². The van der Waals surface area contributed by atoms with Gasteiger partial charge in [0.2, 0.25) is 0 Å². The van der Waals surface area contributed by atoms with Crippen molar-refractivity contribution >= 4 is 0 Å². The fourth-order valence-corrected chi connectivity index (χ4v) is 1.82. The third kappa shape index (κ3) is 4.52. The molecule has 5 heteroatoms. The molecule has 1 saturated heterocycles. The molecule has 1 aliphatic heterocycles. The van der Waals surface area contributed by atoms with Crippen molar-refractivity contribution in [3.8, 4) is 0 Å². The van der Waals surface area contributed by atoms with Gasteiger partial charge >= 0.3 is 0 Å². The Bertz CT molecular complexity index is 186. The van der Waals surface area contributed by atoms with Crippen molar-refractivity contribution < 1.29 is 25.2 Å². The van der Waals surface area contributed by atoms with Crippen molar-refractivity contribution in [3.05, 3.63) is 0 Å². The van der Waals surface area contributed by atoms with E-state index in [-0.39, 0.29) is 6.61 Å². The Morgan fingerprint density at radius 3 is 1.94 bits per heavy atom. The van der Waals surface area contributed by atoms with Crippen molar-refractivity contribution in [1.29, 1.82) is 0 Å². The average molecular weight is 250 g/mol. The zero-order valence-corrected chi connectivity index (χ0v) is 10.9. The molecule has 17 heavy (non-hydrogen) atoms. The smallest absolute Gasteiger partial charge is 0.111 e. The third-order valence-electron chi connectivity index (χ3n) is 2.83. The van der Waals surface area contributed by atoms with Crippen molar-refractivity contribution in [2.75, 3.05) is 6.61 Å². The summed E-state index contributed by atoms with van der Waals surface area (Å²) in [5.74, 6) is 0. The van der Waals surface area contributed by atoms with Gasteiger partial charge in [0.25, 0.3) is 0 Å². The maximum atomic E-state index is 9.63. The standard InChI is InChI=1S/C10H20O5.C2H6/c1-2-3-4-6-8(12)10(14)9(13)7(5-11)15-6;1-2/h6-14H,2-5H2,1H3;1-2H3. The summed E-state index contributed by atoms with van der Waals surface area (Å²) in [5.41, 5.74) is 0. The first-order chi connectivity index (χ1) is 8.11. The lowest BCUT2D eigenvalue weighted by atomic mass is 9.92. The molecule has 1 fully saturated rings. The number of hydrogen-bond acceptors (Lipinski definition) is 5. The van der Waals surface area contributed by atoms with Gasteiger partial charge in [-0.1, -0.05) is 33.6 Å². The molecule has 0 aromatic rings. The molecular formula is C12H26O5. The van der Waals surface area contributed by atoms with Crippen molar-refractivity contribution in [3.63, 3.8) is 0 Å². The van der Waals surface area contributed by atoms with Crippen LogP contribution in [0, 0.1) is 0 Å². The van der Waals surface area contributed by atoms with Gasteiger partial charge in [0.1, 0.15) is 24.4 Å². The van der Waals surface area contributed by atoms with Crippen LogP contribution in [0.25, 0.3) is 0 Å². The van der Waals surface area contributed by atoms with E-state index in [1.165, 1.54) is 0 Å². The third-order valence-corrected chi connectivity index (χ3v) is 2.83. The van der Waals surface area contributed by atoms with E-state index in [0.717, 1.165) is 12.8 Å². The van der Waals surface area contributed by atoms with Gasteiger partial charge in [-0.15, -0.1) is 0 Å². The van der Waals surface area contributed by atoms with E-state index in [9.17, 15) is 15.3 Å². The maximum Gasteiger partial charge on any atom is 0.111 e. The molecule has 0 saturated carbocycles. The second kappa shape index (κ2) is 8.83. The van der Waals surface area contributed by atoms with Gasteiger partial charge in [-0.2, -0.15) is 0 Å². The first kappa shape index (κ1) is 16.8. The molecule has 5 nitrogen and oxygen atoms in total. The van der Waals surface area contributed by atoms with Crippen LogP contribution in [0.15, 0.2) is 0 Å². The zero-order valence-electron chi connectivity index (χ0n) is 10.9. The highest BCUT2D eigenvalue weighted by atomic mass is 16.5. The highest BCUT2D eigenvalue weighted by Crippen LogP contribution is 2.24. The van der Waals surface area contributed by atoms with E-state index in [0.29, 0.717) is 6.42 Å². The van der Waals surface area contributed by atoms with Crippen LogP contribution in [0.1, 0.15) is 40.0 Å². The van der Waals surface area contributed by atoms with Crippen LogP contribution >= 0.6 is 0 Å². The highest BCUT2D eigenvalue weighted by molar-refractivity contribution is 4.91. The van der Waals surface area contributed by atoms with Crippen LogP contribution in [0.5, 0.6) is 0 Å². The van der Waals surface area contributed by atoms with Gasteiger partial charge in [0.05, 0.1) is 12.7 Å². The Balaban J connectivity index is 0.00000121. The lowest BCUT2D eigenvalue weighted by Gasteiger charge is -2.40. The van der Waals surface area contributed by atoms with E-state index < -0.39 is 30.5 Å². The lowest BCUT2D eigenvalue weighted by Crippen LogP contribution is -2.58. The molecule has 0 aromatic heterocycles. The SMILES string of the molecule is CC.CCCCC1OC(CO)C(O)C(O)C1O. The lowest BCUT2D eigenvalue weighted by molar-refractivity contribution is -0.230. The molecule has 5 unspecified atom stereocenters. The Labute approximate surface area is 103 Å². The topological polar surface area (TPSA) is 90.2 Å². The number of rotatable bonds is 4. The first-order valence-corrected chi connectivity index (χ1v) is 6.42. The first-order valence-electron chi connectivity index (χ1n) is 6.42. The largest absolute Gasteiger partial charge is 0.394 e. The van der Waals surface area contributed by atoms with Gasteiger partial charge in [0, 0.05) is 0 Å². The summed E-state index contributed by atoms with van der Waals surface area (Å²) in [6, 6.07) is 0. The molecule has 104 valence electrons. The predicted octanol–water partition coefficient (Wildman–Crippen LogP) is 0.0452. The van der Waals surface area contributed by atoms with Crippen molar-refractivity contribution in [2.24, 2.45) is 0 Å². The summed E-state index contributed by atoms with van der Waals surface area (Å²) in [4.78, 5) is 0. The van der Waals surface area contributed by atoms with Crippen LogP contribution in [0.3, 0.4) is 0 Å². The van der Waals surface area contributed by atoms with Gasteiger partial charge in [-0.25, -0.2) is 0 Å². The minimum Gasteiger partial charge on any atom is -0.394 e. The van der Waals surface area contributed by atoms with Crippen LogP contribution in [0.2, 0.25) is 0 Å². The molecule has 0 aliphatic carbocycles. The summed E-state index contributed by atoms with van der Waals surface area (Å²) in [7, 11) is 0. The quantitative estimate of drug-likeness (QED) is 0.566. The summed E-state index contributed by atoms with van der Waals surface area (Å²) in [6.07, 6.45) is -2.36. The van der Waals surface area contributed by atoms with Gasteiger partial charge < -0.3 is 25.2 Å². The number of hydrogen-bond donors (Lipinski definition) is 4. The van der Waals surface area contributed by atoms with Crippen LogP contribution in [-0.2, 0) is 4.74 Å². The fraction of sp³-hybridized carbons (Fsp3) is 1.00.